The Balaban J connectivity index is 2.20. The van der Waals surface area contributed by atoms with Crippen LogP contribution in [0.2, 0.25) is 0 Å². The molecule has 2 nitrogen and oxygen atoms in total. The van der Waals surface area contributed by atoms with E-state index in [0.717, 1.165) is 4.47 Å². The van der Waals surface area contributed by atoms with Crippen LogP contribution >= 0.6 is 15.9 Å². The highest BCUT2D eigenvalue weighted by Gasteiger charge is 2.39. The van der Waals surface area contributed by atoms with Crippen molar-refractivity contribution in [2.75, 3.05) is 19.7 Å². The Hall–Kier alpha value is -0.820. The number of halogens is 5. The first kappa shape index (κ1) is 15.2. The molecule has 0 unspecified atom stereocenters. The van der Waals surface area contributed by atoms with Crippen LogP contribution in [-0.4, -0.2) is 32.0 Å². The van der Waals surface area contributed by atoms with Crippen molar-refractivity contribution in [2.24, 2.45) is 0 Å². The number of benzene rings is 1. The molecule has 1 aromatic carbocycles. The predicted octanol–water partition coefficient (Wildman–Crippen LogP) is 3.32. The highest BCUT2D eigenvalue weighted by molar-refractivity contribution is 9.10. The molecule has 0 fully saturated rings. The predicted molar refractivity (Wildman–Crippen MR) is 63.5 cm³/mol. The fourth-order valence-corrected chi connectivity index (χ4v) is 1.51. The van der Waals surface area contributed by atoms with E-state index in [1.54, 1.807) is 18.2 Å². The van der Waals surface area contributed by atoms with Gasteiger partial charge in [-0.05, 0) is 18.2 Å². The Bertz CT molecular complexity index is 376. The summed E-state index contributed by atoms with van der Waals surface area (Å²) in [4.78, 5) is 0. The van der Waals surface area contributed by atoms with Gasteiger partial charge in [0.2, 0.25) is 0 Å². The molecule has 0 saturated heterocycles. The number of rotatable bonds is 7. The van der Waals surface area contributed by atoms with Crippen molar-refractivity contribution in [1.29, 1.82) is 0 Å². The van der Waals surface area contributed by atoms with Gasteiger partial charge < -0.3 is 10.1 Å². The summed E-state index contributed by atoms with van der Waals surface area (Å²) in [5.41, 5.74) is 0. The smallest absolute Gasteiger partial charge is 0.319 e. The minimum Gasteiger partial charge on any atom is -0.492 e. The summed E-state index contributed by atoms with van der Waals surface area (Å²) in [5, 5.41) is 2.23. The Labute approximate surface area is 110 Å². The summed E-state index contributed by atoms with van der Waals surface area (Å²) in [6.45, 7) is -0.878. The maximum atomic E-state index is 12.5. The van der Waals surface area contributed by atoms with Gasteiger partial charge in [-0.1, -0.05) is 22.0 Å². The zero-order valence-electron chi connectivity index (χ0n) is 9.31. The maximum Gasteiger partial charge on any atom is 0.319 e. The van der Waals surface area contributed by atoms with E-state index in [9.17, 15) is 17.6 Å². The van der Waals surface area contributed by atoms with Gasteiger partial charge in [-0.2, -0.15) is 8.78 Å². The van der Waals surface area contributed by atoms with Crippen molar-refractivity contribution >= 4 is 15.9 Å². The highest BCUT2D eigenvalue weighted by Crippen LogP contribution is 2.21. The Morgan fingerprint density at radius 3 is 2.67 bits per heavy atom. The zero-order chi connectivity index (χ0) is 13.6. The van der Waals surface area contributed by atoms with E-state index in [-0.39, 0.29) is 13.2 Å². The third kappa shape index (κ3) is 5.22. The fourth-order valence-electron chi connectivity index (χ4n) is 1.13. The first-order valence-corrected chi connectivity index (χ1v) is 5.96. The van der Waals surface area contributed by atoms with Gasteiger partial charge >= 0.3 is 12.3 Å². The van der Waals surface area contributed by atoms with E-state index < -0.39 is 18.9 Å². The summed E-state index contributed by atoms with van der Waals surface area (Å²) < 4.78 is 54.7. The minimum absolute atomic E-state index is 0.0643. The second kappa shape index (κ2) is 6.94. The SMILES string of the molecule is FC(F)C(F)(F)CNCCOc1cccc(Br)c1. The molecule has 0 aliphatic heterocycles. The van der Waals surface area contributed by atoms with E-state index >= 15 is 0 Å². The number of hydrogen-bond acceptors (Lipinski definition) is 2. The average molecular weight is 330 g/mol. The molecule has 7 heteroatoms. The lowest BCUT2D eigenvalue weighted by Gasteiger charge is -2.15. The molecule has 1 aromatic rings. The van der Waals surface area contributed by atoms with Gasteiger partial charge in [0.1, 0.15) is 12.4 Å². The summed E-state index contributed by atoms with van der Waals surface area (Å²) in [6, 6.07) is 7.00. The van der Waals surface area contributed by atoms with Crippen molar-refractivity contribution in [3.8, 4) is 5.75 Å². The molecule has 0 saturated carbocycles. The molecule has 0 aromatic heterocycles. The molecule has 0 amide bonds. The third-order valence-electron chi connectivity index (χ3n) is 2.02. The van der Waals surface area contributed by atoms with Crippen molar-refractivity contribution in [3.05, 3.63) is 28.7 Å². The van der Waals surface area contributed by atoms with E-state index in [2.05, 4.69) is 21.2 Å². The summed E-state index contributed by atoms with van der Waals surface area (Å²) >= 11 is 3.25. The van der Waals surface area contributed by atoms with Crippen LogP contribution in [0, 0.1) is 0 Å². The lowest BCUT2D eigenvalue weighted by atomic mass is 10.3. The van der Waals surface area contributed by atoms with Gasteiger partial charge in [-0.3, -0.25) is 0 Å². The Morgan fingerprint density at radius 1 is 1.33 bits per heavy atom. The summed E-state index contributed by atoms with van der Waals surface area (Å²) in [5.74, 6) is -3.43. The lowest BCUT2D eigenvalue weighted by molar-refractivity contribution is -0.125. The van der Waals surface area contributed by atoms with Crippen LogP contribution < -0.4 is 10.1 Å². The van der Waals surface area contributed by atoms with Gasteiger partial charge in [0, 0.05) is 11.0 Å². The Kier molecular flexibility index (Phi) is 5.87. The van der Waals surface area contributed by atoms with Crippen molar-refractivity contribution < 1.29 is 22.3 Å². The van der Waals surface area contributed by atoms with Gasteiger partial charge in [0.15, 0.2) is 0 Å². The van der Waals surface area contributed by atoms with Crippen LogP contribution in [0.3, 0.4) is 0 Å². The number of hydrogen-bond donors (Lipinski definition) is 1. The number of alkyl halides is 4. The first-order chi connectivity index (χ1) is 8.42. The minimum atomic E-state index is -4.00. The third-order valence-corrected chi connectivity index (χ3v) is 2.52. The summed E-state index contributed by atoms with van der Waals surface area (Å²) in [6.07, 6.45) is -3.66. The molecule has 1 rings (SSSR count). The highest BCUT2D eigenvalue weighted by atomic mass is 79.9. The number of nitrogens with one attached hydrogen (secondary N) is 1. The molecule has 0 heterocycles. The second-order valence-corrected chi connectivity index (χ2v) is 4.46. The number of ether oxygens (including phenoxy) is 1. The van der Waals surface area contributed by atoms with E-state index in [1.807, 2.05) is 6.07 Å². The van der Waals surface area contributed by atoms with Gasteiger partial charge in [0.25, 0.3) is 0 Å². The van der Waals surface area contributed by atoms with Crippen molar-refractivity contribution in [1.82, 2.24) is 5.32 Å². The van der Waals surface area contributed by atoms with Crippen LogP contribution in [0.5, 0.6) is 5.75 Å². The largest absolute Gasteiger partial charge is 0.492 e. The van der Waals surface area contributed by atoms with Crippen molar-refractivity contribution in [3.63, 3.8) is 0 Å². The Morgan fingerprint density at radius 2 is 2.06 bits per heavy atom. The van der Waals surface area contributed by atoms with E-state index in [0.29, 0.717) is 5.75 Å². The van der Waals surface area contributed by atoms with Gasteiger partial charge in [-0.15, -0.1) is 0 Å². The maximum absolute atomic E-state index is 12.5. The normalized spacial score (nSPS) is 11.9. The molecule has 18 heavy (non-hydrogen) atoms. The standard InChI is InChI=1S/C11H12BrF4NO/c12-8-2-1-3-9(6-8)18-5-4-17-7-11(15,16)10(13)14/h1-3,6,10,17H,4-5,7H2. The zero-order valence-corrected chi connectivity index (χ0v) is 10.9. The average Bonchev–Trinajstić information content (AvgIpc) is 2.28. The molecule has 0 bridgehead atoms. The fraction of sp³-hybridized carbons (Fsp3) is 0.455. The molecule has 0 spiro atoms. The molecule has 102 valence electrons. The molecule has 0 atom stereocenters. The van der Waals surface area contributed by atoms with Crippen LogP contribution in [0.1, 0.15) is 0 Å². The molecular weight excluding hydrogens is 318 g/mol. The van der Waals surface area contributed by atoms with Gasteiger partial charge in [0.05, 0.1) is 6.54 Å². The molecule has 1 N–H and O–H groups in total. The molecule has 0 aliphatic carbocycles. The second-order valence-electron chi connectivity index (χ2n) is 3.54. The summed E-state index contributed by atoms with van der Waals surface area (Å²) in [7, 11) is 0. The van der Waals surface area contributed by atoms with Crippen LogP contribution in [0.15, 0.2) is 28.7 Å². The van der Waals surface area contributed by atoms with E-state index in [4.69, 9.17) is 4.74 Å². The molecule has 0 aliphatic rings. The quantitative estimate of drug-likeness (QED) is 0.612. The molecular formula is C11H12BrF4NO. The van der Waals surface area contributed by atoms with Gasteiger partial charge in [-0.25, -0.2) is 8.78 Å². The van der Waals surface area contributed by atoms with Crippen LogP contribution in [0.4, 0.5) is 17.6 Å². The monoisotopic (exact) mass is 329 g/mol. The van der Waals surface area contributed by atoms with Crippen LogP contribution in [-0.2, 0) is 0 Å². The van der Waals surface area contributed by atoms with E-state index in [1.165, 1.54) is 0 Å². The first-order valence-electron chi connectivity index (χ1n) is 5.17. The topological polar surface area (TPSA) is 21.3 Å². The van der Waals surface area contributed by atoms with Crippen LogP contribution in [0.25, 0.3) is 0 Å². The van der Waals surface area contributed by atoms with Crippen molar-refractivity contribution in [2.45, 2.75) is 12.3 Å². The molecule has 0 radical (unpaired) electrons. The lowest BCUT2D eigenvalue weighted by Crippen LogP contribution is -2.40.